The molecule has 148 valence electrons. The number of benzene rings is 1. The molecule has 2 amide bonds. The number of methoxy groups -OCH3 is 1. The van der Waals surface area contributed by atoms with Crippen molar-refractivity contribution in [2.75, 3.05) is 39.9 Å². The van der Waals surface area contributed by atoms with Gasteiger partial charge in [0, 0.05) is 46.1 Å². The van der Waals surface area contributed by atoms with Crippen LogP contribution in [0, 0.1) is 11.2 Å². The summed E-state index contributed by atoms with van der Waals surface area (Å²) in [5, 5.41) is 0. The Bertz CT molecular complexity index is 671. The van der Waals surface area contributed by atoms with Gasteiger partial charge in [-0.25, -0.2) is 4.39 Å². The van der Waals surface area contributed by atoms with Crippen LogP contribution in [-0.2, 0) is 20.7 Å². The maximum atomic E-state index is 13.3. The molecule has 1 spiro atoms. The predicted octanol–water partition coefficient (Wildman–Crippen LogP) is 2.64. The van der Waals surface area contributed by atoms with Crippen molar-refractivity contribution in [1.82, 2.24) is 9.80 Å². The van der Waals surface area contributed by atoms with Crippen molar-refractivity contribution >= 4 is 11.8 Å². The Morgan fingerprint density at radius 2 is 2.04 bits per heavy atom. The number of carbonyl (C=O) groups excluding carboxylic acids is 2. The number of ether oxygens (including phenoxy) is 1. The third kappa shape index (κ3) is 5.06. The third-order valence-electron chi connectivity index (χ3n) is 6.01. The topological polar surface area (TPSA) is 49.9 Å². The third-order valence-corrected chi connectivity index (χ3v) is 6.01. The average molecular weight is 376 g/mol. The molecule has 2 aliphatic heterocycles. The second kappa shape index (κ2) is 8.83. The van der Waals surface area contributed by atoms with Crippen LogP contribution in [-0.4, -0.2) is 61.5 Å². The maximum Gasteiger partial charge on any atom is 0.222 e. The predicted molar refractivity (Wildman–Crippen MR) is 101 cm³/mol. The average Bonchev–Trinajstić information content (AvgIpc) is 2.68. The van der Waals surface area contributed by atoms with E-state index in [2.05, 4.69) is 0 Å². The molecule has 2 heterocycles. The van der Waals surface area contributed by atoms with Gasteiger partial charge in [0.1, 0.15) is 5.82 Å². The Morgan fingerprint density at radius 1 is 1.26 bits per heavy atom. The van der Waals surface area contributed by atoms with Crippen molar-refractivity contribution in [1.29, 1.82) is 0 Å². The van der Waals surface area contributed by atoms with Crippen LogP contribution in [0.3, 0.4) is 0 Å². The van der Waals surface area contributed by atoms with Crippen molar-refractivity contribution in [2.45, 2.75) is 38.5 Å². The highest BCUT2D eigenvalue weighted by Gasteiger charge is 2.41. The number of rotatable bonds is 6. The van der Waals surface area contributed by atoms with Gasteiger partial charge >= 0.3 is 0 Å². The first-order chi connectivity index (χ1) is 13.0. The number of aryl methyl sites for hydroxylation is 1. The number of likely N-dealkylation sites (tertiary alicyclic amines) is 2. The highest BCUT2D eigenvalue weighted by Crippen LogP contribution is 2.40. The molecule has 0 radical (unpaired) electrons. The normalized spacial score (nSPS) is 19.6. The zero-order valence-corrected chi connectivity index (χ0v) is 16.1. The molecule has 27 heavy (non-hydrogen) atoms. The maximum absolute atomic E-state index is 13.3. The van der Waals surface area contributed by atoms with Gasteiger partial charge in [-0.3, -0.25) is 9.59 Å². The van der Waals surface area contributed by atoms with E-state index in [1.807, 2.05) is 15.9 Å². The van der Waals surface area contributed by atoms with Crippen LogP contribution in [0.2, 0.25) is 0 Å². The summed E-state index contributed by atoms with van der Waals surface area (Å²) in [5.74, 6) is 0.0910. The Balaban J connectivity index is 1.49. The highest BCUT2D eigenvalue weighted by molar-refractivity contribution is 5.78. The standard InChI is InChI=1S/C21H29FN2O3/c1-27-14-13-24-16-21(8-7-20(24)26)9-11-23(12-10-21)19(25)6-5-17-3-2-4-18(22)15-17/h2-4,15H,5-14,16H2,1H3. The number of hydrogen-bond donors (Lipinski definition) is 0. The second-order valence-corrected chi connectivity index (χ2v) is 7.82. The molecule has 2 fully saturated rings. The van der Waals surface area contributed by atoms with Gasteiger partial charge < -0.3 is 14.5 Å². The number of amides is 2. The molecule has 0 N–H and O–H groups in total. The van der Waals surface area contributed by atoms with E-state index in [0.717, 1.165) is 44.5 Å². The summed E-state index contributed by atoms with van der Waals surface area (Å²) in [6.45, 7) is 3.48. The zero-order chi connectivity index (χ0) is 19.3. The molecular weight excluding hydrogens is 347 g/mol. The van der Waals surface area contributed by atoms with Gasteiger partial charge in [-0.1, -0.05) is 12.1 Å². The van der Waals surface area contributed by atoms with Gasteiger partial charge in [0.25, 0.3) is 0 Å². The molecule has 0 aromatic heterocycles. The fourth-order valence-corrected chi connectivity index (χ4v) is 4.25. The SMILES string of the molecule is COCCN1CC2(CCC1=O)CCN(C(=O)CCc1cccc(F)c1)CC2. The lowest BCUT2D eigenvalue weighted by molar-refractivity contribution is -0.143. The Labute approximate surface area is 160 Å². The quantitative estimate of drug-likeness (QED) is 0.767. The van der Waals surface area contributed by atoms with Crippen LogP contribution in [0.4, 0.5) is 4.39 Å². The summed E-state index contributed by atoms with van der Waals surface area (Å²) in [4.78, 5) is 28.5. The van der Waals surface area contributed by atoms with E-state index in [1.165, 1.54) is 12.1 Å². The van der Waals surface area contributed by atoms with Crippen LogP contribution in [0.15, 0.2) is 24.3 Å². The fourth-order valence-electron chi connectivity index (χ4n) is 4.25. The van der Waals surface area contributed by atoms with Gasteiger partial charge in [0.2, 0.25) is 11.8 Å². The second-order valence-electron chi connectivity index (χ2n) is 7.82. The van der Waals surface area contributed by atoms with Crippen molar-refractivity contribution in [2.24, 2.45) is 5.41 Å². The summed E-state index contributed by atoms with van der Waals surface area (Å²) < 4.78 is 18.4. The lowest BCUT2D eigenvalue weighted by Gasteiger charge is -2.47. The highest BCUT2D eigenvalue weighted by atomic mass is 19.1. The minimum atomic E-state index is -0.260. The van der Waals surface area contributed by atoms with E-state index in [4.69, 9.17) is 4.74 Å². The van der Waals surface area contributed by atoms with Crippen LogP contribution in [0.5, 0.6) is 0 Å². The molecule has 0 unspecified atom stereocenters. The minimum absolute atomic E-state index is 0.136. The van der Waals surface area contributed by atoms with E-state index in [-0.39, 0.29) is 23.0 Å². The van der Waals surface area contributed by atoms with Crippen molar-refractivity contribution in [3.63, 3.8) is 0 Å². The molecular formula is C21H29FN2O3. The smallest absolute Gasteiger partial charge is 0.222 e. The molecule has 0 aliphatic carbocycles. The molecule has 5 nitrogen and oxygen atoms in total. The fraction of sp³-hybridized carbons (Fsp3) is 0.619. The molecule has 0 bridgehead atoms. The lowest BCUT2D eigenvalue weighted by atomic mass is 9.72. The molecule has 1 aromatic rings. The first kappa shape index (κ1) is 19.8. The van der Waals surface area contributed by atoms with E-state index >= 15 is 0 Å². The molecule has 1 aromatic carbocycles. The van der Waals surface area contributed by atoms with Crippen molar-refractivity contribution in [3.8, 4) is 0 Å². The number of piperidine rings is 2. The lowest BCUT2D eigenvalue weighted by Crippen LogP contribution is -2.52. The van der Waals surface area contributed by atoms with Crippen molar-refractivity contribution in [3.05, 3.63) is 35.6 Å². The molecule has 3 rings (SSSR count). The van der Waals surface area contributed by atoms with Crippen LogP contribution in [0.1, 0.15) is 37.7 Å². The summed E-state index contributed by atoms with van der Waals surface area (Å²) in [6, 6.07) is 6.45. The Kier molecular flexibility index (Phi) is 6.47. The number of nitrogens with zero attached hydrogens (tertiary/aromatic N) is 2. The summed E-state index contributed by atoms with van der Waals surface area (Å²) in [5.41, 5.74) is 0.998. The van der Waals surface area contributed by atoms with Gasteiger partial charge in [0.15, 0.2) is 0 Å². The number of carbonyl (C=O) groups is 2. The molecule has 0 atom stereocenters. The first-order valence-corrected chi connectivity index (χ1v) is 9.80. The van der Waals surface area contributed by atoms with E-state index in [0.29, 0.717) is 32.4 Å². The van der Waals surface area contributed by atoms with E-state index < -0.39 is 0 Å². The van der Waals surface area contributed by atoms with Crippen LogP contribution < -0.4 is 0 Å². The van der Waals surface area contributed by atoms with Crippen LogP contribution in [0.25, 0.3) is 0 Å². The Morgan fingerprint density at radius 3 is 2.74 bits per heavy atom. The largest absolute Gasteiger partial charge is 0.383 e. The molecule has 2 aliphatic rings. The summed E-state index contributed by atoms with van der Waals surface area (Å²) in [7, 11) is 1.65. The monoisotopic (exact) mass is 376 g/mol. The summed E-state index contributed by atoms with van der Waals surface area (Å²) in [6.07, 6.45) is 4.37. The van der Waals surface area contributed by atoms with Gasteiger partial charge in [-0.2, -0.15) is 0 Å². The Hall–Kier alpha value is -1.95. The molecule has 6 heteroatoms. The zero-order valence-electron chi connectivity index (χ0n) is 16.1. The van der Waals surface area contributed by atoms with Gasteiger partial charge in [-0.05, 0) is 48.8 Å². The summed E-state index contributed by atoms with van der Waals surface area (Å²) >= 11 is 0. The van der Waals surface area contributed by atoms with Crippen molar-refractivity contribution < 1.29 is 18.7 Å². The van der Waals surface area contributed by atoms with E-state index in [1.54, 1.807) is 13.2 Å². The van der Waals surface area contributed by atoms with Gasteiger partial charge in [0.05, 0.1) is 6.61 Å². The number of hydrogen-bond acceptors (Lipinski definition) is 3. The van der Waals surface area contributed by atoms with E-state index in [9.17, 15) is 14.0 Å². The van der Waals surface area contributed by atoms with Crippen LogP contribution >= 0.6 is 0 Å². The number of halogens is 1. The molecule has 0 saturated carbocycles. The van der Waals surface area contributed by atoms with Gasteiger partial charge in [-0.15, -0.1) is 0 Å². The molecule has 2 saturated heterocycles. The first-order valence-electron chi connectivity index (χ1n) is 9.80. The minimum Gasteiger partial charge on any atom is -0.383 e.